The van der Waals surface area contributed by atoms with Gasteiger partial charge in [-0.2, -0.15) is 0 Å². The number of amides is 1. The number of nitrogens with zero attached hydrogens (tertiary/aromatic N) is 1. The van der Waals surface area contributed by atoms with E-state index in [1.165, 1.54) is 0 Å². The van der Waals surface area contributed by atoms with Crippen LogP contribution in [-0.2, 0) is 4.79 Å². The molecule has 1 amide bonds. The average molecular weight is 141 g/mol. The number of hydrogen-bond donors (Lipinski definition) is 2. The molecule has 1 unspecified atom stereocenters. The molecule has 0 bridgehead atoms. The summed E-state index contributed by atoms with van der Waals surface area (Å²) in [5.41, 5.74) is 7.29. The Hall–Kier alpha value is -1.03. The first-order valence-corrected chi connectivity index (χ1v) is 3.04. The van der Waals surface area contributed by atoms with Crippen molar-refractivity contribution < 1.29 is 4.79 Å². The highest BCUT2D eigenvalue weighted by Gasteiger charge is 2.32. The van der Waals surface area contributed by atoms with Gasteiger partial charge in [0.2, 0.25) is 5.91 Å². The van der Waals surface area contributed by atoms with Crippen LogP contribution in [0.1, 0.15) is 6.92 Å². The first-order valence-electron chi connectivity index (χ1n) is 3.04. The molecule has 4 heteroatoms. The molecule has 3 N–H and O–H groups in total. The van der Waals surface area contributed by atoms with Gasteiger partial charge in [-0.05, 0) is 13.0 Å². The van der Waals surface area contributed by atoms with Gasteiger partial charge in [-0.25, -0.2) is 5.43 Å². The minimum atomic E-state index is -0.700. The largest absolute Gasteiger partial charge is 0.368 e. The van der Waals surface area contributed by atoms with E-state index in [0.29, 0.717) is 0 Å². The van der Waals surface area contributed by atoms with Crippen molar-refractivity contribution in [2.45, 2.75) is 12.5 Å². The Bertz CT molecular complexity index is 189. The van der Waals surface area contributed by atoms with E-state index in [4.69, 9.17) is 5.73 Å². The van der Waals surface area contributed by atoms with Crippen molar-refractivity contribution in [3.8, 4) is 0 Å². The van der Waals surface area contributed by atoms with Crippen LogP contribution in [0.25, 0.3) is 0 Å². The molecule has 0 aromatic carbocycles. The molecule has 1 aliphatic heterocycles. The summed E-state index contributed by atoms with van der Waals surface area (Å²) < 4.78 is 0. The quantitative estimate of drug-likeness (QED) is 0.502. The van der Waals surface area contributed by atoms with Gasteiger partial charge in [0.15, 0.2) is 0 Å². The third-order valence-corrected chi connectivity index (χ3v) is 1.55. The molecule has 1 aliphatic rings. The summed E-state index contributed by atoms with van der Waals surface area (Å²) in [4.78, 5) is 10.8. The van der Waals surface area contributed by atoms with Crippen molar-refractivity contribution in [1.29, 1.82) is 0 Å². The zero-order valence-corrected chi connectivity index (χ0v) is 6.09. The number of nitrogens with one attached hydrogen (secondary N) is 1. The van der Waals surface area contributed by atoms with Crippen molar-refractivity contribution in [3.63, 3.8) is 0 Å². The predicted molar refractivity (Wildman–Crippen MR) is 37.6 cm³/mol. The first-order chi connectivity index (χ1) is 4.54. The van der Waals surface area contributed by atoms with Crippen molar-refractivity contribution >= 4 is 5.91 Å². The maximum atomic E-state index is 10.8. The summed E-state index contributed by atoms with van der Waals surface area (Å²) in [6, 6.07) is 0. The zero-order valence-electron chi connectivity index (χ0n) is 6.09. The van der Waals surface area contributed by atoms with Crippen LogP contribution in [0.15, 0.2) is 12.3 Å². The maximum Gasteiger partial charge on any atom is 0.243 e. The molecular formula is C6H11N3O. The highest BCUT2D eigenvalue weighted by atomic mass is 16.1. The number of nitrogens with two attached hydrogens (primary N) is 1. The number of carbonyl (C=O) groups excluding carboxylic acids is 1. The molecule has 1 heterocycles. The van der Waals surface area contributed by atoms with Crippen molar-refractivity contribution in [2.24, 2.45) is 5.73 Å². The Kier molecular flexibility index (Phi) is 1.40. The van der Waals surface area contributed by atoms with Crippen LogP contribution >= 0.6 is 0 Å². The van der Waals surface area contributed by atoms with Gasteiger partial charge in [0.1, 0.15) is 5.54 Å². The fourth-order valence-corrected chi connectivity index (χ4v) is 0.839. The minimum Gasteiger partial charge on any atom is -0.368 e. The molecule has 0 aliphatic carbocycles. The molecule has 1 atom stereocenters. The third-order valence-electron chi connectivity index (χ3n) is 1.55. The molecule has 0 aromatic rings. The van der Waals surface area contributed by atoms with Crippen molar-refractivity contribution in [1.82, 2.24) is 10.4 Å². The second-order valence-corrected chi connectivity index (χ2v) is 2.61. The summed E-state index contributed by atoms with van der Waals surface area (Å²) in [6.07, 6.45) is 3.50. The van der Waals surface area contributed by atoms with Gasteiger partial charge in [-0.3, -0.25) is 4.79 Å². The van der Waals surface area contributed by atoms with Gasteiger partial charge >= 0.3 is 0 Å². The van der Waals surface area contributed by atoms with Gasteiger partial charge in [-0.15, -0.1) is 0 Å². The van der Waals surface area contributed by atoms with Crippen molar-refractivity contribution in [2.75, 3.05) is 7.05 Å². The van der Waals surface area contributed by atoms with Gasteiger partial charge in [0.25, 0.3) is 0 Å². The molecule has 0 fully saturated rings. The fraction of sp³-hybridized carbons (Fsp3) is 0.500. The van der Waals surface area contributed by atoms with E-state index < -0.39 is 5.54 Å². The van der Waals surface area contributed by atoms with E-state index in [2.05, 4.69) is 5.43 Å². The van der Waals surface area contributed by atoms with Gasteiger partial charge in [0.05, 0.1) is 0 Å². The summed E-state index contributed by atoms with van der Waals surface area (Å²) >= 11 is 0. The Labute approximate surface area is 59.6 Å². The van der Waals surface area contributed by atoms with E-state index in [0.717, 1.165) is 0 Å². The number of primary amides is 1. The van der Waals surface area contributed by atoms with Crippen LogP contribution < -0.4 is 11.2 Å². The molecule has 4 nitrogen and oxygen atoms in total. The molecule has 0 saturated carbocycles. The standard InChI is InChI=1S/C6H11N3O/c1-6(5(7)10)3-4-9(2)8-6/h3-4,8H,1-2H3,(H2,7,10). The lowest BCUT2D eigenvalue weighted by molar-refractivity contribution is -0.122. The summed E-state index contributed by atoms with van der Waals surface area (Å²) in [7, 11) is 1.81. The molecule has 10 heavy (non-hydrogen) atoms. The second kappa shape index (κ2) is 1.98. The maximum absolute atomic E-state index is 10.8. The zero-order chi connectivity index (χ0) is 7.78. The highest BCUT2D eigenvalue weighted by Crippen LogP contribution is 2.11. The number of hydrogen-bond acceptors (Lipinski definition) is 3. The minimum absolute atomic E-state index is 0.367. The van der Waals surface area contributed by atoms with E-state index >= 15 is 0 Å². The van der Waals surface area contributed by atoms with Crippen LogP contribution in [0.2, 0.25) is 0 Å². The molecule has 56 valence electrons. The SMILES string of the molecule is CN1C=CC(C)(C(N)=O)N1. The van der Waals surface area contributed by atoms with Crippen LogP contribution in [0.5, 0.6) is 0 Å². The number of carbonyl (C=O) groups is 1. The highest BCUT2D eigenvalue weighted by molar-refractivity contribution is 5.86. The number of rotatable bonds is 1. The predicted octanol–water partition coefficient (Wildman–Crippen LogP) is -0.806. The van der Waals surface area contributed by atoms with Gasteiger partial charge < -0.3 is 10.7 Å². The van der Waals surface area contributed by atoms with E-state index in [1.54, 1.807) is 24.2 Å². The Morgan fingerprint density at radius 2 is 2.40 bits per heavy atom. The van der Waals surface area contributed by atoms with E-state index in [9.17, 15) is 4.79 Å². The summed E-state index contributed by atoms with van der Waals surface area (Å²) in [5.74, 6) is -0.367. The summed E-state index contributed by atoms with van der Waals surface area (Å²) in [5, 5.41) is 1.70. The normalized spacial score (nSPS) is 31.2. The third kappa shape index (κ3) is 0.974. The molecule has 0 radical (unpaired) electrons. The van der Waals surface area contributed by atoms with Crippen molar-refractivity contribution in [3.05, 3.63) is 12.3 Å². The van der Waals surface area contributed by atoms with Crippen LogP contribution in [0.3, 0.4) is 0 Å². The van der Waals surface area contributed by atoms with E-state index in [1.807, 2.05) is 7.05 Å². The first kappa shape index (κ1) is 7.08. The lowest BCUT2D eigenvalue weighted by Crippen LogP contribution is -2.52. The molecular weight excluding hydrogens is 130 g/mol. The fourth-order valence-electron chi connectivity index (χ4n) is 0.839. The lowest BCUT2D eigenvalue weighted by atomic mass is 10.0. The molecule has 0 aromatic heterocycles. The monoisotopic (exact) mass is 141 g/mol. The molecule has 0 saturated heterocycles. The smallest absolute Gasteiger partial charge is 0.243 e. The van der Waals surface area contributed by atoms with Crippen LogP contribution in [-0.4, -0.2) is 23.5 Å². The second-order valence-electron chi connectivity index (χ2n) is 2.61. The Balaban J connectivity index is 2.75. The topological polar surface area (TPSA) is 58.4 Å². The van der Waals surface area contributed by atoms with Crippen LogP contribution in [0, 0.1) is 0 Å². The average Bonchev–Trinajstić information content (AvgIpc) is 2.13. The number of hydrazine groups is 1. The molecule has 0 spiro atoms. The van der Waals surface area contributed by atoms with Gasteiger partial charge in [0, 0.05) is 13.2 Å². The van der Waals surface area contributed by atoms with E-state index in [-0.39, 0.29) is 5.91 Å². The molecule has 1 rings (SSSR count). The Morgan fingerprint density at radius 1 is 1.80 bits per heavy atom. The Morgan fingerprint density at radius 3 is 2.60 bits per heavy atom. The summed E-state index contributed by atoms with van der Waals surface area (Å²) in [6.45, 7) is 1.73. The lowest BCUT2D eigenvalue weighted by Gasteiger charge is -2.21. The van der Waals surface area contributed by atoms with Crippen LogP contribution in [0.4, 0.5) is 0 Å². The van der Waals surface area contributed by atoms with Gasteiger partial charge in [-0.1, -0.05) is 0 Å².